The number of amides is 1. The highest BCUT2D eigenvalue weighted by Gasteiger charge is 2.38. The second-order valence-electron chi connectivity index (χ2n) is 5.31. The second-order valence-corrected chi connectivity index (χ2v) is 5.31. The van der Waals surface area contributed by atoms with Gasteiger partial charge in [0, 0.05) is 25.2 Å². The average molecular weight is 261 g/mol. The number of nitrogens with zero attached hydrogens (tertiary/aromatic N) is 2. The molecule has 6 heteroatoms. The fourth-order valence-corrected chi connectivity index (χ4v) is 3.12. The molecule has 4 heterocycles. The number of ether oxygens (including phenoxy) is 2. The molecule has 3 atom stereocenters. The van der Waals surface area contributed by atoms with Crippen LogP contribution in [-0.2, 0) is 0 Å². The Bertz CT molecular complexity index is 534. The van der Waals surface area contributed by atoms with E-state index in [0.29, 0.717) is 23.1 Å². The molecule has 3 aliphatic heterocycles. The first-order valence-corrected chi connectivity index (χ1v) is 6.58. The van der Waals surface area contributed by atoms with Gasteiger partial charge in [0.05, 0.1) is 6.20 Å². The van der Waals surface area contributed by atoms with Crippen LogP contribution >= 0.6 is 0 Å². The predicted molar refractivity (Wildman–Crippen MR) is 66.2 cm³/mol. The van der Waals surface area contributed by atoms with Gasteiger partial charge in [0.25, 0.3) is 5.91 Å². The van der Waals surface area contributed by atoms with Crippen LogP contribution in [0.4, 0.5) is 0 Å². The molecule has 1 amide bonds. The molecule has 1 N–H and O–H groups in total. The summed E-state index contributed by atoms with van der Waals surface area (Å²) in [6.45, 7) is 3.43. The van der Waals surface area contributed by atoms with E-state index in [-0.39, 0.29) is 18.7 Å². The lowest BCUT2D eigenvalue weighted by Gasteiger charge is -2.22. The highest BCUT2D eigenvalue weighted by atomic mass is 16.7. The Kier molecular flexibility index (Phi) is 2.38. The van der Waals surface area contributed by atoms with E-state index in [1.165, 1.54) is 13.0 Å². The van der Waals surface area contributed by atoms with Crippen LogP contribution in [0, 0.1) is 5.92 Å². The van der Waals surface area contributed by atoms with Crippen LogP contribution in [0.25, 0.3) is 0 Å². The quantitative estimate of drug-likeness (QED) is 0.826. The van der Waals surface area contributed by atoms with Gasteiger partial charge in [0.2, 0.25) is 6.79 Å². The van der Waals surface area contributed by atoms with E-state index >= 15 is 0 Å². The summed E-state index contributed by atoms with van der Waals surface area (Å²) < 4.78 is 10.4. The van der Waals surface area contributed by atoms with Gasteiger partial charge in [0.1, 0.15) is 5.69 Å². The van der Waals surface area contributed by atoms with Crippen molar-refractivity contribution in [1.29, 1.82) is 0 Å². The first-order valence-electron chi connectivity index (χ1n) is 6.58. The van der Waals surface area contributed by atoms with E-state index in [2.05, 4.69) is 15.2 Å². The van der Waals surface area contributed by atoms with Crippen LogP contribution in [0.3, 0.4) is 0 Å². The first-order chi connectivity index (χ1) is 9.29. The molecule has 3 aliphatic rings. The SMILES string of the molecule is O=C(N[C@H]1CN2CC[C@H]1C2)c1cc2c(cn1)OCO2. The highest BCUT2D eigenvalue weighted by Crippen LogP contribution is 2.31. The van der Waals surface area contributed by atoms with Crippen molar-refractivity contribution in [3.63, 3.8) is 0 Å². The van der Waals surface area contributed by atoms with Gasteiger partial charge in [-0.05, 0) is 18.9 Å². The third-order valence-electron chi connectivity index (χ3n) is 4.14. The van der Waals surface area contributed by atoms with Gasteiger partial charge in [-0.2, -0.15) is 0 Å². The van der Waals surface area contributed by atoms with Crippen molar-refractivity contribution in [2.45, 2.75) is 12.5 Å². The van der Waals surface area contributed by atoms with E-state index < -0.39 is 0 Å². The summed E-state index contributed by atoms with van der Waals surface area (Å²) in [5.41, 5.74) is 0.391. The van der Waals surface area contributed by atoms with Crippen molar-refractivity contribution in [2.75, 3.05) is 26.4 Å². The highest BCUT2D eigenvalue weighted by molar-refractivity contribution is 5.93. The zero-order valence-corrected chi connectivity index (χ0v) is 10.5. The topological polar surface area (TPSA) is 63.7 Å². The molecule has 2 fully saturated rings. The molecule has 0 saturated carbocycles. The van der Waals surface area contributed by atoms with Crippen molar-refractivity contribution in [2.24, 2.45) is 5.92 Å². The van der Waals surface area contributed by atoms with E-state index in [9.17, 15) is 4.79 Å². The molecular formula is C13H15N3O3. The van der Waals surface area contributed by atoms with Gasteiger partial charge >= 0.3 is 0 Å². The zero-order valence-electron chi connectivity index (χ0n) is 10.5. The summed E-state index contributed by atoms with van der Waals surface area (Å²) in [5.74, 6) is 1.66. The molecule has 1 aromatic heterocycles. The molecule has 0 spiro atoms. The summed E-state index contributed by atoms with van der Waals surface area (Å²) in [6.07, 6.45) is 2.72. The number of nitrogens with one attached hydrogen (secondary N) is 1. The van der Waals surface area contributed by atoms with Gasteiger partial charge < -0.3 is 19.7 Å². The van der Waals surface area contributed by atoms with Gasteiger partial charge in [0.15, 0.2) is 11.5 Å². The lowest BCUT2D eigenvalue weighted by atomic mass is 10.00. The number of aromatic nitrogens is 1. The molecule has 0 radical (unpaired) electrons. The number of pyridine rings is 1. The van der Waals surface area contributed by atoms with Crippen molar-refractivity contribution < 1.29 is 14.3 Å². The normalized spacial score (nSPS) is 30.6. The number of piperidine rings is 1. The minimum absolute atomic E-state index is 0.128. The molecular weight excluding hydrogens is 246 g/mol. The van der Waals surface area contributed by atoms with Crippen LogP contribution in [0.1, 0.15) is 16.9 Å². The van der Waals surface area contributed by atoms with Crippen molar-refractivity contribution >= 4 is 5.91 Å². The minimum atomic E-state index is -0.128. The molecule has 6 nitrogen and oxygen atoms in total. The Morgan fingerprint density at radius 1 is 1.37 bits per heavy atom. The maximum Gasteiger partial charge on any atom is 0.270 e. The summed E-state index contributed by atoms with van der Waals surface area (Å²) in [4.78, 5) is 18.7. The average Bonchev–Trinajstić information content (AvgIpc) is 3.13. The van der Waals surface area contributed by atoms with Crippen molar-refractivity contribution in [3.8, 4) is 11.5 Å². The van der Waals surface area contributed by atoms with E-state index in [1.807, 2.05) is 0 Å². The second kappa shape index (κ2) is 4.09. The summed E-state index contributed by atoms with van der Waals surface area (Å²) in [6, 6.07) is 1.90. The first kappa shape index (κ1) is 11.0. The lowest BCUT2D eigenvalue weighted by molar-refractivity contribution is 0.0919. The summed E-state index contributed by atoms with van der Waals surface area (Å²) >= 11 is 0. The Balaban J connectivity index is 1.48. The van der Waals surface area contributed by atoms with Crippen LogP contribution in [0.2, 0.25) is 0 Å². The largest absolute Gasteiger partial charge is 0.453 e. The Labute approximate surface area is 110 Å². The van der Waals surface area contributed by atoms with Crippen LogP contribution < -0.4 is 14.8 Å². The van der Waals surface area contributed by atoms with E-state index in [4.69, 9.17) is 9.47 Å². The van der Waals surface area contributed by atoms with Gasteiger partial charge in [-0.15, -0.1) is 0 Å². The van der Waals surface area contributed by atoms with E-state index in [1.54, 1.807) is 12.3 Å². The molecule has 4 rings (SSSR count). The Morgan fingerprint density at radius 3 is 3.05 bits per heavy atom. The molecule has 2 saturated heterocycles. The van der Waals surface area contributed by atoms with Crippen molar-refractivity contribution in [1.82, 2.24) is 15.2 Å². The number of fused-ring (bicyclic) bond motifs is 3. The molecule has 0 aromatic carbocycles. The van der Waals surface area contributed by atoms with Crippen LogP contribution in [-0.4, -0.2) is 48.3 Å². The molecule has 19 heavy (non-hydrogen) atoms. The molecule has 2 bridgehead atoms. The molecule has 0 aliphatic carbocycles. The third-order valence-corrected chi connectivity index (χ3v) is 4.14. The fraction of sp³-hybridized carbons (Fsp3) is 0.538. The fourth-order valence-electron chi connectivity index (χ4n) is 3.12. The van der Waals surface area contributed by atoms with Gasteiger partial charge in [-0.1, -0.05) is 0 Å². The molecule has 1 unspecified atom stereocenters. The standard InChI is InChI=1S/C13H15N3O3/c17-13(15-10-6-16-2-1-8(10)5-16)9-3-11-12(4-14-9)19-7-18-11/h3-4,8,10H,1-2,5-7H2,(H,15,17)/t8-,10-/m0/s1. The smallest absolute Gasteiger partial charge is 0.270 e. The minimum Gasteiger partial charge on any atom is -0.453 e. The Morgan fingerprint density at radius 2 is 2.26 bits per heavy atom. The number of hydrogen-bond donors (Lipinski definition) is 1. The monoisotopic (exact) mass is 261 g/mol. The number of rotatable bonds is 2. The maximum atomic E-state index is 12.2. The number of carbonyl (C=O) groups excluding carboxylic acids is 1. The predicted octanol–water partition coefficient (Wildman–Crippen LogP) is 0.244. The number of hydrogen-bond acceptors (Lipinski definition) is 5. The van der Waals surface area contributed by atoms with Crippen molar-refractivity contribution in [3.05, 3.63) is 18.0 Å². The maximum absolute atomic E-state index is 12.2. The zero-order chi connectivity index (χ0) is 12.8. The molecule has 1 aromatic rings. The van der Waals surface area contributed by atoms with E-state index in [0.717, 1.165) is 13.1 Å². The van der Waals surface area contributed by atoms with Crippen LogP contribution in [0.5, 0.6) is 11.5 Å². The van der Waals surface area contributed by atoms with Crippen LogP contribution in [0.15, 0.2) is 12.3 Å². The number of carbonyl (C=O) groups is 1. The summed E-state index contributed by atoms with van der Waals surface area (Å²) in [5, 5.41) is 3.08. The summed E-state index contributed by atoms with van der Waals surface area (Å²) in [7, 11) is 0. The Hall–Kier alpha value is -1.82. The van der Waals surface area contributed by atoms with Gasteiger partial charge in [-0.25, -0.2) is 4.98 Å². The third kappa shape index (κ3) is 1.83. The van der Waals surface area contributed by atoms with Gasteiger partial charge in [-0.3, -0.25) is 4.79 Å². The lowest BCUT2D eigenvalue weighted by Crippen LogP contribution is -2.43. The molecule has 100 valence electrons.